The molecule has 10 nitrogen and oxygen atoms in total. The van der Waals surface area contributed by atoms with E-state index in [4.69, 9.17) is 9.31 Å². The number of hydrogen-bond acceptors (Lipinski definition) is 8. The van der Waals surface area contributed by atoms with Crippen molar-refractivity contribution in [2.75, 3.05) is 0 Å². The smallest absolute Gasteiger partial charge is 0.399 e. The van der Waals surface area contributed by atoms with E-state index in [2.05, 4.69) is 25.9 Å². The Balaban J connectivity index is 0.000000161. The van der Waals surface area contributed by atoms with E-state index < -0.39 is 52.7 Å². The molecule has 1 aliphatic heterocycles. The van der Waals surface area contributed by atoms with Crippen LogP contribution in [0.15, 0.2) is 87.6 Å². The Morgan fingerprint density at radius 2 is 1.11 bits per heavy atom. The number of nitrogens with zero attached hydrogens (tertiary/aromatic N) is 4. The van der Waals surface area contributed by atoms with Crippen LogP contribution >= 0.6 is 15.9 Å². The lowest BCUT2D eigenvalue weighted by Crippen LogP contribution is -2.41. The fraction of sp³-hybridized carbons (Fsp3) is 0.211. The van der Waals surface area contributed by atoms with Gasteiger partial charge < -0.3 is 18.4 Å². The number of aldehydes is 2. The first-order valence-electron chi connectivity index (χ1n) is 16.2. The molecule has 0 aliphatic carbocycles. The number of carbonyl (C=O) groups is 2. The van der Waals surface area contributed by atoms with Gasteiger partial charge in [0, 0.05) is 66.7 Å². The highest BCUT2D eigenvalue weighted by Crippen LogP contribution is 2.36. The first-order chi connectivity index (χ1) is 25.4. The van der Waals surface area contributed by atoms with Gasteiger partial charge in [-0.3, -0.25) is 29.1 Å². The molecule has 2 aromatic carbocycles. The highest BCUT2D eigenvalue weighted by atomic mass is 79.9. The molecule has 1 saturated heterocycles. The van der Waals surface area contributed by atoms with Crippen LogP contribution in [0.3, 0.4) is 0 Å². The summed E-state index contributed by atoms with van der Waals surface area (Å²) in [6.07, 6.45) is 9.71. The van der Waals surface area contributed by atoms with Crippen molar-refractivity contribution in [1.82, 2.24) is 19.1 Å². The van der Waals surface area contributed by atoms with Gasteiger partial charge in [-0.1, -0.05) is 0 Å². The number of aromatic nitrogens is 4. The molecule has 0 spiro atoms. The number of carbonyl (C=O) groups excluding carboxylic acids is 2. The van der Waals surface area contributed by atoms with Crippen molar-refractivity contribution in [3.63, 3.8) is 0 Å². The zero-order chi connectivity index (χ0) is 39.7. The molecule has 1 fully saturated rings. The minimum absolute atomic E-state index is 0.0219. The SMILES string of the molecule is CC1(C)OB(c2cc(F)c(C=O)c(F)c2)OC1(C)C.Cn1cc(-c2cc(F)c(C=O)c(F)c2)c2ccncc2c1=O.Cn1cc(Br)c2ccncc2c1=O. The zero-order valence-corrected chi connectivity index (χ0v) is 31.4. The standard InChI is InChI=1S/C16H10F2N2O2.C13H15BF2O3.C9H7BrN2O/c1-20-7-12(10-2-3-19-6-11(10)16(20)22)9-4-14(17)13(8-21)15(18)5-9;1-12(2)13(3,4)19-14(18-12)8-5-10(15)9(7-17)11(16)6-8;1-12-5-8(10)6-2-3-11-4-7(6)9(12)13/h2-8H,1H3;5-7H,1-4H3;2-5H,1H3. The second-order valence-corrected chi connectivity index (χ2v) is 14.1. The van der Waals surface area contributed by atoms with Crippen LogP contribution in [-0.2, 0) is 23.4 Å². The van der Waals surface area contributed by atoms with Crippen molar-refractivity contribution < 1.29 is 36.5 Å². The third-order valence-corrected chi connectivity index (χ3v) is 9.81. The summed E-state index contributed by atoms with van der Waals surface area (Å²) in [6.45, 7) is 7.39. The zero-order valence-electron chi connectivity index (χ0n) is 29.8. The van der Waals surface area contributed by atoms with Crippen LogP contribution in [0.5, 0.6) is 0 Å². The summed E-state index contributed by atoms with van der Waals surface area (Å²) in [4.78, 5) is 52.7. The van der Waals surface area contributed by atoms with E-state index in [1.807, 2.05) is 33.8 Å². The van der Waals surface area contributed by atoms with Crippen molar-refractivity contribution in [2.24, 2.45) is 14.1 Å². The van der Waals surface area contributed by atoms with Crippen LogP contribution in [0.2, 0.25) is 0 Å². The summed E-state index contributed by atoms with van der Waals surface area (Å²) in [7, 11) is 2.42. The number of fused-ring (bicyclic) bond motifs is 2. The topological polar surface area (TPSA) is 122 Å². The Labute approximate surface area is 314 Å². The number of aryl methyl sites for hydroxylation is 2. The summed E-state index contributed by atoms with van der Waals surface area (Å²) >= 11 is 3.39. The van der Waals surface area contributed by atoms with E-state index in [-0.39, 0.29) is 34.7 Å². The normalized spacial score (nSPS) is 14.2. The van der Waals surface area contributed by atoms with Crippen molar-refractivity contribution in [1.29, 1.82) is 0 Å². The molecule has 0 radical (unpaired) electrons. The molecule has 5 heterocycles. The minimum atomic E-state index is -0.943. The molecule has 0 unspecified atom stereocenters. The summed E-state index contributed by atoms with van der Waals surface area (Å²) in [5.74, 6) is -3.72. The summed E-state index contributed by atoms with van der Waals surface area (Å²) < 4.78 is 69.9. The van der Waals surface area contributed by atoms with Crippen LogP contribution in [0.1, 0.15) is 48.4 Å². The Morgan fingerprint density at radius 1 is 0.685 bits per heavy atom. The van der Waals surface area contributed by atoms with Gasteiger partial charge in [-0.25, -0.2) is 17.6 Å². The summed E-state index contributed by atoms with van der Waals surface area (Å²) in [5.41, 5.74) is -1.70. The maximum Gasteiger partial charge on any atom is 0.495 e. The lowest BCUT2D eigenvalue weighted by molar-refractivity contribution is 0.00578. The third kappa shape index (κ3) is 7.81. The number of rotatable bonds is 4. The molecule has 16 heteroatoms. The van der Waals surface area contributed by atoms with Gasteiger partial charge in [-0.15, -0.1) is 0 Å². The molecule has 7 rings (SSSR count). The third-order valence-electron chi connectivity index (χ3n) is 9.17. The molecule has 0 saturated carbocycles. The number of pyridine rings is 4. The van der Waals surface area contributed by atoms with Gasteiger partial charge in [0.25, 0.3) is 11.1 Å². The molecule has 1 aliphatic rings. The van der Waals surface area contributed by atoms with E-state index in [9.17, 15) is 36.7 Å². The molecule has 6 aromatic rings. The lowest BCUT2D eigenvalue weighted by atomic mass is 9.78. The van der Waals surface area contributed by atoms with Gasteiger partial charge in [-0.05, 0) is 96.4 Å². The molecular formula is C38H32BBrF4N4O6. The fourth-order valence-corrected chi connectivity index (χ4v) is 6.14. The molecule has 0 amide bonds. The molecule has 54 heavy (non-hydrogen) atoms. The number of hydrogen-bond donors (Lipinski definition) is 0. The quantitative estimate of drug-likeness (QED) is 0.113. The molecule has 0 N–H and O–H groups in total. The minimum Gasteiger partial charge on any atom is -0.399 e. The number of benzene rings is 2. The van der Waals surface area contributed by atoms with Gasteiger partial charge in [0.15, 0.2) is 12.6 Å². The van der Waals surface area contributed by atoms with Crippen molar-refractivity contribution >= 4 is 62.6 Å². The molecule has 278 valence electrons. The van der Waals surface area contributed by atoms with Crippen LogP contribution < -0.4 is 16.6 Å². The van der Waals surface area contributed by atoms with E-state index in [0.29, 0.717) is 21.7 Å². The second kappa shape index (κ2) is 15.6. The van der Waals surface area contributed by atoms with Crippen molar-refractivity contribution in [3.8, 4) is 11.1 Å². The maximum atomic E-state index is 13.8. The van der Waals surface area contributed by atoms with Gasteiger partial charge in [0.1, 0.15) is 23.3 Å². The van der Waals surface area contributed by atoms with E-state index in [1.54, 1.807) is 38.8 Å². The lowest BCUT2D eigenvalue weighted by Gasteiger charge is -2.32. The van der Waals surface area contributed by atoms with Crippen molar-refractivity contribution in [3.05, 3.63) is 133 Å². The highest BCUT2D eigenvalue weighted by molar-refractivity contribution is 9.10. The molecule has 0 atom stereocenters. The van der Waals surface area contributed by atoms with Gasteiger partial charge in [-0.2, -0.15) is 0 Å². The first kappa shape index (κ1) is 39.9. The fourth-order valence-electron chi connectivity index (χ4n) is 5.49. The van der Waals surface area contributed by atoms with Crippen LogP contribution in [-0.4, -0.2) is 50.0 Å². The average Bonchev–Trinajstić information content (AvgIpc) is 3.35. The van der Waals surface area contributed by atoms with Crippen LogP contribution in [0.4, 0.5) is 17.6 Å². The average molecular weight is 807 g/mol. The number of halogens is 5. The predicted octanol–water partition coefficient (Wildman–Crippen LogP) is 6.46. The van der Waals surface area contributed by atoms with Gasteiger partial charge in [0.05, 0.1) is 33.1 Å². The molecule has 4 aromatic heterocycles. The van der Waals surface area contributed by atoms with Crippen molar-refractivity contribution in [2.45, 2.75) is 38.9 Å². The Bertz CT molecular complexity index is 2500. The first-order valence-corrected chi connectivity index (χ1v) is 17.0. The summed E-state index contributed by atoms with van der Waals surface area (Å²) in [5, 5.41) is 2.43. The van der Waals surface area contributed by atoms with E-state index in [0.717, 1.165) is 34.1 Å². The summed E-state index contributed by atoms with van der Waals surface area (Å²) in [6, 6.07) is 7.71. The Hall–Kier alpha value is -5.32. The van der Waals surface area contributed by atoms with E-state index >= 15 is 0 Å². The maximum absolute atomic E-state index is 13.8. The van der Waals surface area contributed by atoms with Gasteiger partial charge >= 0.3 is 7.12 Å². The van der Waals surface area contributed by atoms with Crippen LogP contribution in [0.25, 0.3) is 32.7 Å². The van der Waals surface area contributed by atoms with Gasteiger partial charge in [0.2, 0.25) is 0 Å². The molecular weight excluding hydrogens is 775 g/mol. The van der Waals surface area contributed by atoms with E-state index in [1.165, 1.54) is 27.7 Å². The Morgan fingerprint density at radius 3 is 1.59 bits per heavy atom. The second-order valence-electron chi connectivity index (χ2n) is 13.3. The highest BCUT2D eigenvalue weighted by Gasteiger charge is 2.52. The Kier molecular flexibility index (Phi) is 11.5. The molecule has 0 bridgehead atoms. The monoisotopic (exact) mass is 806 g/mol. The predicted molar refractivity (Wildman–Crippen MR) is 200 cm³/mol. The van der Waals surface area contributed by atoms with Crippen LogP contribution in [0, 0.1) is 23.3 Å². The largest absolute Gasteiger partial charge is 0.495 e.